The molecule has 0 radical (unpaired) electrons. The molecule has 0 atom stereocenters. The molecular formula is C16H21N3O2. The minimum atomic E-state index is 0.157. The number of ether oxygens (including phenoxy) is 1. The first-order valence-corrected chi connectivity index (χ1v) is 7.12. The predicted octanol–water partition coefficient (Wildman–Crippen LogP) is 2.33. The molecule has 5 heteroatoms. The Kier molecular flexibility index (Phi) is 5.51. The fraction of sp³-hybridized carbons (Fsp3) is 0.375. The third kappa shape index (κ3) is 4.72. The molecule has 5 nitrogen and oxygen atoms in total. The molecule has 21 heavy (non-hydrogen) atoms. The van der Waals surface area contributed by atoms with Gasteiger partial charge in [0.2, 0.25) is 0 Å². The average molecular weight is 287 g/mol. The van der Waals surface area contributed by atoms with Gasteiger partial charge in [0.05, 0.1) is 0 Å². The van der Waals surface area contributed by atoms with Gasteiger partial charge in [-0.2, -0.15) is 0 Å². The van der Waals surface area contributed by atoms with Crippen LogP contribution in [0.2, 0.25) is 0 Å². The summed E-state index contributed by atoms with van der Waals surface area (Å²) in [5, 5.41) is 12.1. The smallest absolute Gasteiger partial charge is 0.168 e. The minimum absolute atomic E-state index is 0.157. The van der Waals surface area contributed by atoms with Gasteiger partial charge in [-0.15, -0.1) is 0 Å². The van der Waals surface area contributed by atoms with E-state index in [0.717, 1.165) is 29.4 Å². The summed E-state index contributed by atoms with van der Waals surface area (Å²) >= 11 is 0. The number of rotatable bonds is 7. The molecule has 0 unspecified atom stereocenters. The van der Waals surface area contributed by atoms with Crippen molar-refractivity contribution in [2.45, 2.75) is 26.9 Å². The van der Waals surface area contributed by atoms with E-state index in [1.54, 1.807) is 0 Å². The van der Waals surface area contributed by atoms with Crippen molar-refractivity contribution in [1.82, 2.24) is 9.97 Å². The van der Waals surface area contributed by atoms with Crippen molar-refractivity contribution in [1.29, 1.82) is 0 Å². The number of benzene rings is 1. The molecule has 0 aliphatic carbocycles. The van der Waals surface area contributed by atoms with Crippen molar-refractivity contribution in [3.63, 3.8) is 0 Å². The second-order valence-corrected chi connectivity index (χ2v) is 4.75. The van der Waals surface area contributed by atoms with Gasteiger partial charge in [-0.05, 0) is 38.0 Å². The zero-order valence-corrected chi connectivity index (χ0v) is 12.5. The summed E-state index contributed by atoms with van der Waals surface area (Å²) in [6, 6.07) is 9.61. The third-order valence-corrected chi connectivity index (χ3v) is 2.95. The van der Waals surface area contributed by atoms with Gasteiger partial charge in [0.1, 0.15) is 18.2 Å². The molecule has 2 aromatic rings. The first-order chi connectivity index (χ1) is 10.2. The summed E-state index contributed by atoms with van der Waals surface area (Å²) in [4.78, 5) is 8.77. The lowest BCUT2D eigenvalue weighted by atomic mass is 10.1. The number of nitrogens with one attached hydrogen (secondary N) is 1. The van der Waals surface area contributed by atoms with Crippen molar-refractivity contribution in [3.05, 3.63) is 47.4 Å². The van der Waals surface area contributed by atoms with E-state index in [4.69, 9.17) is 9.84 Å². The van der Waals surface area contributed by atoms with E-state index < -0.39 is 0 Å². The monoisotopic (exact) mass is 287 g/mol. The lowest BCUT2D eigenvalue weighted by molar-refractivity contribution is 0.294. The number of nitrogens with zero attached hydrogens (tertiary/aromatic N) is 2. The van der Waals surface area contributed by atoms with Crippen LogP contribution < -0.4 is 10.1 Å². The zero-order valence-electron chi connectivity index (χ0n) is 12.5. The summed E-state index contributed by atoms with van der Waals surface area (Å²) in [6.07, 6.45) is 0.660. The molecule has 1 aromatic heterocycles. The maximum atomic E-state index is 8.88. The largest absolute Gasteiger partial charge is 0.486 e. The molecule has 0 amide bonds. The van der Waals surface area contributed by atoms with Crippen LogP contribution in [0.5, 0.6) is 5.75 Å². The second kappa shape index (κ2) is 7.59. The summed E-state index contributed by atoms with van der Waals surface area (Å²) in [5.41, 5.74) is 2.00. The van der Waals surface area contributed by atoms with Crippen molar-refractivity contribution in [2.75, 3.05) is 18.5 Å². The Morgan fingerprint density at radius 3 is 2.62 bits per heavy atom. The Labute approximate surface area is 125 Å². The van der Waals surface area contributed by atoms with Gasteiger partial charge in [0, 0.05) is 24.9 Å². The fourth-order valence-electron chi connectivity index (χ4n) is 2.00. The number of hydrogen-bond donors (Lipinski definition) is 2. The van der Waals surface area contributed by atoms with E-state index in [-0.39, 0.29) is 6.61 Å². The maximum absolute atomic E-state index is 8.88. The van der Waals surface area contributed by atoms with E-state index in [2.05, 4.69) is 15.3 Å². The van der Waals surface area contributed by atoms with E-state index in [1.165, 1.54) is 0 Å². The van der Waals surface area contributed by atoms with E-state index >= 15 is 0 Å². The van der Waals surface area contributed by atoms with Gasteiger partial charge in [-0.3, -0.25) is 0 Å². The predicted molar refractivity (Wildman–Crippen MR) is 82.5 cm³/mol. The van der Waals surface area contributed by atoms with Crippen molar-refractivity contribution < 1.29 is 9.84 Å². The van der Waals surface area contributed by atoms with Gasteiger partial charge >= 0.3 is 0 Å². The molecule has 0 spiro atoms. The van der Waals surface area contributed by atoms with E-state index in [1.807, 2.05) is 44.2 Å². The Morgan fingerprint density at radius 2 is 1.95 bits per heavy atom. The Bertz CT molecular complexity index is 570. The number of aryl methyl sites for hydroxylation is 1. The molecule has 0 aliphatic rings. The molecule has 2 N–H and O–H groups in total. The van der Waals surface area contributed by atoms with Crippen molar-refractivity contribution >= 4 is 5.82 Å². The summed E-state index contributed by atoms with van der Waals surface area (Å²) < 4.78 is 5.70. The van der Waals surface area contributed by atoms with Gasteiger partial charge < -0.3 is 15.2 Å². The molecule has 0 aliphatic heterocycles. The molecule has 112 valence electrons. The van der Waals surface area contributed by atoms with Crippen LogP contribution in [0, 0.1) is 6.92 Å². The van der Waals surface area contributed by atoms with Gasteiger partial charge in [0.25, 0.3) is 0 Å². The molecule has 0 saturated heterocycles. The highest BCUT2D eigenvalue weighted by atomic mass is 16.5. The number of hydrogen-bond acceptors (Lipinski definition) is 5. The highest BCUT2D eigenvalue weighted by molar-refractivity contribution is 5.35. The molecular weight excluding hydrogens is 266 g/mol. The number of aliphatic hydroxyl groups is 1. The van der Waals surface area contributed by atoms with Crippen LogP contribution in [-0.2, 0) is 13.0 Å². The highest BCUT2D eigenvalue weighted by Crippen LogP contribution is 2.14. The molecule has 0 bridgehead atoms. The van der Waals surface area contributed by atoms with Crippen LogP contribution >= 0.6 is 0 Å². The number of aliphatic hydroxyl groups excluding tert-OH is 1. The Hall–Kier alpha value is -2.14. The van der Waals surface area contributed by atoms with Crippen LogP contribution in [0.15, 0.2) is 30.3 Å². The molecule has 1 aromatic carbocycles. The number of aromatic nitrogens is 2. The SMILES string of the molecule is CCNc1cc(C)nc(COc2ccc(CCO)cc2)n1. The second-order valence-electron chi connectivity index (χ2n) is 4.75. The first-order valence-electron chi connectivity index (χ1n) is 7.12. The van der Waals surface area contributed by atoms with Crippen LogP contribution in [0.4, 0.5) is 5.82 Å². The quantitative estimate of drug-likeness (QED) is 0.818. The summed E-state index contributed by atoms with van der Waals surface area (Å²) in [6.45, 7) is 5.28. The zero-order chi connectivity index (χ0) is 15.1. The fourth-order valence-corrected chi connectivity index (χ4v) is 2.00. The van der Waals surface area contributed by atoms with E-state index in [9.17, 15) is 0 Å². The van der Waals surface area contributed by atoms with Crippen LogP contribution in [0.25, 0.3) is 0 Å². The lowest BCUT2D eigenvalue weighted by Crippen LogP contribution is -2.07. The maximum Gasteiger partial charge on any atom is 0.168 e. The van der Waals surface area contributed by atoms with Crippen molar-refractivity contribution in [3.8, 4) is 5.75 Å². The van der Waals surface area contributed by atoms with Gasteiger partial charge in [0.15, 0.2) is 5.82 Å². The summed E-state index contributed by atoms with van der Waals surface area (Å²) in [5.74, 6) is 2.25. The van der Waals surface area contributed by atoms with Crippen LogP contribution in [0.1, 0.15) is 24.0 Å². The van der Waals surface area contributed by atoms with Crippen LogP contribution in [-0.4, -0.2) is 28.2 Å². The first kappa shape index (κ1) is 15.3. The van der Waals surface area contributed by atoms with E-state index in [0.29, 0.717) is 18.9 Å². The minimum Gasteiger partial charge on any atom is -0.486 e. The molecule has 0 fully saturated rings. The normalized spacial score (nSPS) is 10.4. The molecule has 2 rings (SSSR count). The summed E-state index contributed by atoms with van der Waals surface area (Å²) in [7, 11) is 0. The van der Waals surface area contributed by atoms with Gasteiger partial charge in [-0.25, -0.2) is 9.97 Å². The average Bonchev–Trinajstić information content (AvgIpc) is 2.47. The lowest BCUT2D eigenvalue weighted by Gasteiger charge is -2.09. The third-order valence-electron chi connectivity index (χ3n) is 2.95. The van der Waals surface area contributed by atoms with Gasteiger partial charge in [-0.1, -0.05) is 12.1 Å². The Morgan fingerprint density at radius 1 is 1.19 bits per heavy atom. The molecule has 0 saturated carbocycles. The van der Waals surface area contributed by atoms with Crippen molar-refractivity contribution in [2.24, 2.45) is 0 Å². The van der Waals surface area contributed by atoms with Crippen LogP contribution in [0.3, 0.4) is 0 Å². The Balaban J connectivity index is 1.98. The number of anilines is 1. The highest BCUT2D eigenvalue weighted by Gasteiger charge is 2.03. The molecule has 1 heterocycles. The standard InChI is InChI=1S/C16H21N3O2/c1-3-17-15-10-12(2)18-16(19-15)11-21-14-6-4-13(5-7-14)8-9-20/h4-7,10,20H,3,8-9,11H2,1-2H3,(H,17,18,19). The topological polar surface area (TPSA) is 67.3 Å².